The van der Waals surface area contributed by atoms with Crippen molar-refractivity contribution in [2.24, 2.45) is 5.92 Å². The van der Waals surface area contributed by atoms with Crippen molar-refractivity contribution in [1.82, 2.24) is 14.8 Å². The maximum atomic E-state index is 15.7. The van der Waals surface area contributed by atoms with Gasteiger partial charge in [0.05, 0.1) is 18.0 Å². The number of pyridine rings is 1. The Bertz CT molecular complexity index is 1590. The van der Waals surface area contributed by atoms with E-state index in [9.17, 15) is 32.7 Å². The summed E-state index contributed by atoms with van der Waals surface area (Å²) >= 11 is 0. The van der Waals surface area contributed by atoms with Crippen LogP contribution in [0.25, 0.3) is 11.1 Å². The molecule has 3 aromatic rings. The molecule has 0 saturated carbocycles. The van der Waals surface area contributed by atoms with Crippen molar-refractivity contribution in [2.75, 3.05) is 20.6 Å². The number of aryl methyl sites for hydroxylation is 3. The summed E-state index contributed by atoms with van der Waals surface area (Å²) in [6.45, 7) is 9.19. The zero-order valence-corrected chi connectivity index (χ0v) is 26.7. The molecule has 3 rings (SSSR count). The Labute approximate surface area is 260 Å². The first-order valence-electron chi connectivity index (χ1n) is 14.8. The number of halogens is 4. The highest BCUT2D eigenvalue weighted by atomic mass is 19.4. The van der Waals surface area contributed by atoms with Crippen molar-refractivity contribution in [3.05, 3.63) is 92.1 Å². The smallest absolute Gasteiger partial charge is 0.416 e. The van der Waals surface area contributed by atoms with Gasteiger partial charge in [0.15, 0.2) is 0 Å². The Kier molecular flexibility index (Phi) is 11.4. The Morgan fingerprint density at radius 1 is 1.02 bits per heavy atom. The van der Waals surface area contributed by atoms with Crippen molar-refractivity contribution < 1.29 is 32.3 Å². The molecule has 1 heterocycles. The molecule has 2 N–H and O–H groups in total. The molecule has 1 aromatic heterocycles. The number of benzene rings is 2. The van der Waals surface area contributed by atoms with Gasteiger partial charge in [-0.3, -0.25) is 14.4 Å². The molecule has 0 radical (unpaired) electrons. The molecule has 1 amide bonds. The lowest BCUT2D eigenvalue weighted by Crippen LogP contribution is -2.41. The molecule has 11 heteroatoms. The van der Waals surface area contributed by atoms with E-state index in [1.807, 2.05) is 32.0 Å². The molecule has 0 saturated heterocycles. The average Bonchev–Trinajstić information content (AvgIpc) is 2.91. The van der Waals surface area contributed by atoms with Gasteiger partial charge < -0.3 is 19.9 Å². The monoisotopic (exact) mass is 631 g/mol. The van der Waals surface area contributed by atoms with Crippen LogP contribution in [0.4, 0.5) is 17.6 Å². The van der Waals surface area contributed by atoms with Crippen LogP contribution in [-0.2, 0) is 22.2 Å². The largest absolute Gasteiger partial charge is 0.481 e. The quantitative estimate of drug-likeness (QED) is 0.219. The lowest BCUT2D eigenvalue weighted by atomic mass is 9.90. The first-order valence-corrected chi connectivity index (χ1v) is 14.8. The Morgan fingerprint density at radius 2 is 1.64 bits per heavy atom. The van der Waals surface area contributed by atoms with Crippen LogP contribution in [0.2, 0.25) is 0 Å². The highest BCUT2D eigenvalue weighted by molar-refractivity contribution is 5.82. The van der Waals surface area contributed by atoms with E-state index in [0.717, 1.165) is 27.5 Å². The molecule has 2 aromatic carbocycles. The summed E-state index contributed by atoms with van der Waals surface area (Å²) in [6, 6.07) is 6.77. The van der Waals surface area contributed by atoms with Gasteiger partial charge in [-0.1, -0.05) is 32.0 Å². The van der Waals surface area contributed by atoms with Gasteiger partial charge in [0.2, 0.25) is 5.91 Å². The van der Waals surface area contributed by atoms with E-state index >= 15 is 4.39 Å². The van der Waals surface area contributed by atoms with Gasteiger partial charge in [-0.25, -0.2) is 4.39 Å². The third-order valence-electron chi connectivity index (χ3n) is 7.75. The van der Waals surface area contributed by atoms with Crippen LogP contribution in [0.15, 0.2) is 47.4 Å². The number of carbonyl (C=O) groups is 2. The van der Waals surface area contributed by atoms with Crippen LogP contribution in [-0.4, -0.2) is 47.1 Å². The minimum atomic E-state index is -4.78. The SMILES string of the molecule is Cc1cc(-c2c(C)cccc2C)cc(C(CC(=O)O)NC(=O)C(CC(C)C)n2cc(CCN(C)C)c(C(F)(F)F)cc2=O)c1F. The molecule has 244 valence electrons. The van der Waals surface area contributed by atoms with Crippen LogP contribution in [0.1, 0.15) is 72.2 Å². The summed E-state index contributed by atoms with van der Waals surface area (Å²) in [4.78, 5) is 40.7. The molecule has 0 aliphatic heterocycles. The minimum Gasteiger partial charge on any atom is -0.481 e. The number of nitrogens with one attached hydrogen (secondary N) is 1. The average molecular weight is 632 g/mol. The molecule has 45 heavy (non-hydrogen) atoms. The molecular weight excluding hydrogens is 590 g/mol. The zero-order valence-electron chi connectivity index (χ0n) is 26.7. The summed E-state index contributed by atoms with van der Waals surface area (Å²) in [5, 5.41) is 12.4. The standard InChI is InChI=1S/C34H41F4N3O4/c1-19(2)13-28(41-18-23(11-12-40(6)7)26(16-29(41)42)34(36,37)38)33(45)39-27(17-30(43)44)25-15-24(14-22(5)32(25)35)31-20(3)9-8-10-21(31)4/h8-10,14-16,18-19,27-28H,11-13,17H2,1-7H3,(H,39,45)(H,43,44). The zero-order chi connectivity index (χ0) is 33.8. The second-order valence-corrected chi connectivity index (χ2v) is 12.3. The van der Waals surface area contributed by atoms with Crippen LogP contribution in [0.3, 0.4) is 0 Å². The Hall–Kier alpha value is -3.99. The second-order valence-electron chi connectivity index (χ2n) is 12.3. The summed E-state index contributed by atoms with van der Waals surface area (Å²) < 4.78 is 58.3. The molecular formula is C34H41F4N3O4. The van der Waals surface area contributed by atoms with Crippen LogP contribution >= 0.6 is 0 Å². The number of likely N-dealkylation sites (N-methyl/N-ethyl adjacent to an activating group) is 1. The fraction of sp³-hybridized carbons (Fsp3) is 0.441. The molecule has 7 nitrogen and oxygen atoms in total. The van der Waals surface area contributed by atoms with E-state index in [4.69, 9.17) is 0 Å². The maximum Gasteiger partial charge on any atom is 0.416 e. The summed E-state index contributed by atoms with van der Waals surface area (Å²) in [7, 11) is 3.41. The van der Waals surface area contributed by atoms with E-state index in [-0.39, 0.29) is 42.0 Å². The maximum absolute atomic E-state index is 15.7. The summed E-state index contributed by atoms with van der Waals surface area (Å²) in [5.74, 6) is -2.96. The van der Waals surface area contributed by atoms with Crippen molar-refractivity contribution in [2.45, 2.75) is 72.1 Å². The van der Waals surface area contributed by atoms with E-state index in [0.29, 0.717) is 11.6 Å². The van der Waals surface area contributed by atoms with E-state index in [1.165, 1.54) is 6.07 Å². The van der Waals surface area contributed by atoms with Gasteiger partial charge in [-0.05, 0) is 99.1 Å². The number of carboxylic acids is 1. The molecule has 0 aliphatic rings. The number of aliphatic carboxylic acids is 1. The topological polar surface area (TPSA) is 91.6 Å². The third-order valence-corrected chi connectivity index (χ3v) is 7.75. The molecule has 0 spiro atoms. The molecule has 0 bridgehead atoms. The van der Waals surface area contributed by atoms with E-state index < -0.39 is 53.5 Å². The van der Waals surface area contributed by atoms with Gasteiger partial charge in [0.1, 0.15) is 11.9 Å². The van der Waals surface area contributed by atoms with Crippen LogP contribution < -0.4 is 10.9 Å². The number of aromatic nitrogens is 1. The lowest BCUT2D eigenvalue weighted by molar-refractivity contribution is -0.139. The third kappa shape index (κ3) is 8.81. The normalized spacial score (nSPS) is 13.3. The molecule has 2 atom stereocenters. The second kappa shape index (κ2) is 14.4. The lowest BCUT2D eigenvalue weighted by Gasteiger charge is -2.27. The Balaban J connectivity index is 2.14. The van der Waals surface area contributed by atoms with Gasteiger partial charge in [-0.2, -0.15) is 13.2 Å². The van der Waals surface area contributed by atoms with Gasteiger partial charge in [-0.15, -0.1) is 0 Å². The van der Waals surface area contributed by atoms with Crippen molar-refractivity contribution >= 4 is 11.9 Å². The highest BCUT2D eigenvalue weighted by Gasteiger charge is 2.36. The van der Waals surface area contributed by atoms with Crippen molar-refractivity contribution in [3.8, 4) is 11.1 Å². The number of carbonyl (C=O) groups excluding carboxylic acids is 1. The number of carboxylic acid groups (broad SMARTS) is 1. The molecule has 0 aliphatic carbocycles. The van der Waals surface area contributed by atoms with Crippen molar-refractivity contribution in [3.63, 3.8) is 0 Å². The highest BCUT2D eigenvalue weighted by Crippen LogP contribution is 2.35. The number of nitrogens with zero attached hydrogens (tertiary/aromatic N) is 2. The fourth-order valence-corrected chi connectivity index (χ4v) is 5.58. The summed E-state index contributed by atoms with van der Waals surface area (Å²) in [6.07, 6.45) is -4.34. The number of amides is 1. The number of hydrogen-bond donors (Lipinski definition) is 2. The minimum absolute atomic E-state index is 0.0324. The molecule has 2 unspecified atom stereocenters. The van der Waals surface area contributed by atoms with Crippen molar-refractivity contribution in [1.29, 1.82) is 0 Å². The van der Waals surface area contributed by atoms with Gasteiger partial charge in [0, 0.05) is 24.4 Å². The van der Waals surface area contributed by atoms with Crippen LogP contribution in [0, 0.1) is 32.5 Å². The number of rotatable bonds is 12. The molecule has 0 fully saturated rings. The number of alkyl halides is 3. The Morgan fingerprint density at radius 3 is 2.18 bits per heavy atom. The van der Waals surface area contributed by atoms with Gasteiger partial charge in [0.25, 0.3) is 5.56 Å². The predicted octanol–water partition coefficient (Wildman–Crippen LogP) is 6.62. The van der Waals surface area contributed by atoms with E-state index in [1.54, 1.807) is 45.8 Å². The first-order chi connectivity index (χ1) is 20.9. The summed E-state index contributed by atoms with van der Waals surface area (Å²) in [5.41, 5.74) is 1.31. The van der Waals surface area contributed by atoms with Crippen LogP contribution in [0.5, 0.6) is 0 Å². The predicted molar refractivity (Wildman–Crippen MR) is 166 cm³/mol. The fourth-order valence-electron chi connectivity index (χ4n) is 5.58. The first kappa shape index (κ1) is 35.5. The van der Waals surface area contributed by atoms with Gasteiger partial charge >= 0.3 is 12.1 Å². The van der Waals surface area contributed by atoms with E-state index in [2.05, 4.69) is 5.32 Å². The number of hydrogen-bond acceptors (Lipinski definition) is 4.